The van der Waals surface area contributed by atoms with Crippen molar-refractivity contribution in [3.8, 4) is 5.69 Å². The molecule has 0 aliphatic carbocycles. The zero-order chi connectivity index (χ0) is 22.3. The monoisotopic (exact) mass is 457 g/mol. The number of aromatic nitrogens is 2. The van der Waals surface area contributed by atoms with Crippen molar-refractivity contribution in [1.29, 1.82) is 0 Å². The van der Waals surface area contributed by atoms with E-state index in [2.05, 4.69) is 5.10 Å². The Morgan fingerprint density at radius 2 is 1.73 bits per heavy atom. The van der Waals surface area contributed by atoms with Gasteiger partial charge in [0.2, 0.25) is 10.0 Å². The molecule has 3 aromatic rings. The van der Waals surface area contributed by atoms with Crippen LogP contribution in [0.5, 0.6) is 0 Å². The summed E-state index contributed by atoms with van der Waals surface area (Å²) in [7, 11) is -3.20. The summed E-state index contributed by atoms with van der Waals surface area (Å²) in [5, 5.41) is 4.26. The van der Waals surface area contributed by atoms with Crippen LogP contribution < -0.4 is 0 Å². The average Bonchev–Trinajstić information content (AvgIpc) is 2.96. The van der Waals surface area contributed by atoms with Crippen LogP contribution in [0.3, 0.4) is 0 Å². The third-order valence-electron chi connectivity index (χ3n) is 4.76. The molecule has 1 aromatic heterocycles. The van der Waals surface area contributed by atoms with Gasteiger partial charge < -0.3 is 0 Å². The van der Waals surface area contributed by atoms with Crippen LogP contribution in [-0.2, 0) is 22.7 Å². The highest BCUT2D eigenvalue weighted by molar-refractivity contribution is 7.89. The topological polar surface area (TPSA) is 55.2 Å². The maximum Gasteiger partial charge on any atom is 0.417 e. The van der Waals surface area contributed by atoms with Gasteiger partial charge in [-0.25, -0.2) is 13.1 Å². The first-order valence-corrected chi connectivity index (χ1v) is 10.7. The smallest absolute Gasteiger partial charge is 0.238 e. The Balaban J connectivity index is 2.00. The molecule has 5 nitrogen and oxygen atoms in total. The number of benzene rings is 2. The number of sulfonamides is 1. The molecule has 0 atom stereocenters. The van der Waals surface area contributed by atoms with Crippen molar-refractivity contribution in [2.45, 2.75) is 31.5 Å². The first kappa shape index (κ1) is 22.3. The molecule has 0 amide bonds. The zero-order valence-corrected chi connectivity index (χ0v) is 18.0. The molecule has 0 unspecified atom stereocenters. The number of hydrogen-bond donors (Lipinski definition) is 0. The SMILES string of the molecule is Cc1nn(-c2ccccc2)c(C)c1CN(C)S(=O)(=O)c1ccc(Cl)cc1C(F)(F)F. The third-order valence-corrected chi connectivity index (χ3v) is 6.85. The van der Waals surface area contributed by atoms with Crippen LogP contribution in [0, 0.1) is 13.8 Å². The normalized spacial score (nSPS) is 12.5. The predicted octanol–water partition coefficient (Wildman–Crippen LogP) is 4.98. The second kappa shape index (κ2) is 8.05. The first-order chi connectivity index (χ1) is 13.9. The van der Waals surface area contributed by atoms with Crippen LogP contribution in [0.15, 0.2) is 53.4 Å². The minimum atomic E-state index is -4.86. The Bertz CT molecular complexity index is 1180. The Morgan fingerprint density at radius 1 is 1.10 bits per heavy atom. The van der Waals surface area contributed by atoms with Crippen molar-refractivity contribution in [3.05, 3.63) is 76.1 Å². The molecule has 2 aromatic carbocycles. The quantitative estimate of drug-likeness (QED) is 0.543. The van der Waals surface area contributed by atoms with E-state index in [0.29, 0.717) is 23.0 Å². The fraction of sp³-hybridized carbons (Fsp3) is 0.250. The van der Waals surface area contributed by atoms with Gasteiger partial charge in [0.15, 0.2) is 0 Å². The van der Waals surface area contributed by atoms with Crippen LogP contribution >= 0.6 is 11.6 Å². The first-order valence-electron chi connectivity index (χ1n) is 8.86. The lowest BCUT2D eigenvalue weighted by Crippen LogP contribution is -2.29. The molecule has 0 radical (unpaired) electrons. The minimum absolute atomic E-state index is 0.132. The molecule has 0 saturated heterocycles. The van der Waals surface area contributed by atoms with E-state index in [4.69, 9.17) is 11.6 Å². The van der Waals surface area contributed by atoms with Gasteiger partial charge in [-0.1, -0.05) is 29.8 Å². The number of nitrogens with zero attached hydrogens (tertiary/aromatic N) is 3. The summed E-state index contributed by atoms with van der Waals surface area (Å²) >= 11 is 5.67. The van der Waals surface area contributed by atoms with Crippen molar-refractivity contribution in [2.24, 2.45) is 0 Å². The molecule has 30 heavy (non-hydrogen) atoms. The van der Waals surface area contributed by atoms with E-state index in [1.54, 1.807) is 18.5 Å². The number of hydrogen-bond acceptors (Lipinski definition) is 3. The van der Waals surface area contributed by atoms with Gasteiger partial charge in [-0.15, -0.1) is 0 Å². The second-order valence-corrected chi connectivity index (χ2v) is 9.25. The zero-order valence-electron chi connectivity index (χ0n) is 16.4. The number of rotatable bonds is 5. The van der Waals surface area contributed by atoms with E-state index in [1.807, 2.05) is 30.3 Å². The molecule has 0 aliphatic heterocycles. The maximum absolute atomic E-state index is 13.4. The van der Waals surface area contributed by atoms with E-state index in [-0.39, 0.29) is 11.6 Å². The van der Waals surface area contributed by atoms with Gasteiger partial charge in [0.1, 0.15) is 0 Å². The van der Waals surface area contributed by atoms with Gasteiger partial charge in [0.25, 0.3) is 0 Å². The molecule has 0 aliphatic rings. The van der Waals surface area contributed by atoms with E-state index in [9.17, 15) is 21.6 Å². The molecule has 0 fully saturated rings. The second-order valence-electron chi connectivity index (χ2n) is 6.80. The Labute approximate surface area is 177 Å². The standard InChI is InChI=1S/C20H19ClF3N3O2S/c1-13-17(14(2)27(25-13)16-7-5-4-6-8-16)12-26(3)30(28,29)19-10-9-15(21)11-18(19)20(22,23)24/h4-11H,12H2,1-3H3. The van der Waals surface area contributed by atoms with Gasteiger partial charge >= 0.3 is 6.18 Å². The maximum atomic E-state index is 13.4. The van der Waals surface area contributed by atoms with Crippen molar-refractivity contribution >= 4 is 21.6 Å². The number of aryl methyl sites for hydroxylation is 1. The molecule has 0 N–H and O–H groups in total. The predicted molar refractivity (Wildman–Crippen MR) is 108 cm³/mol. The van der Waals surface area contributed by atoms with Crippen molar-refractivity contribution in [3.63, 3.8) is 0 Å². The number of halogens is 4. The average molecular weight is 458 g/mol. The highest BCUT2D eigenvalue weighted by Gasteiger charge is 2.39. The van der Waals surface area contributed by atoms with Crippen LogP contribution in [-0.4, -0.2) is 29.6 Å². The van der Waals surface area contributed by atoms with Gasteiger partial charge in [-0.05, 0) is 44.2 Å². The molecular weight excluding hydrogens is 439 g/mol. The molecule has 10 heteroatoms. The van der Waals surface area contributed by atoms with E-state index in [0.717, 1.165) is 22.1 Å². The van der Waals surface area contributed by atoms with Crippen LogP contribution in [0.1, 0.15) is 22.5 Å². The summed E-state index contributed by atoms with van der Waals surface area (Å²) in [6.07, 6.45) is -4.86. The van der Waals surface area contributed by atoms with Crippen molar-refractivity contribution in [2.75, 3.05) is 7.05 Å². The van der Waals surface area contributed by atoms with Crippen molar-refractivity contribution in [1.82, 2.24) is 14.1 Å². The summed E-state index contributed by atoms with van der Waals surface area (Å²) < 4.78 is 68.7. The van der Waals surface area contributed by atoms with Crippen LogP contribution in [0.25, 0.3) is 5.69 Å². The summed E-state index contributed by atoms with van der Waals surface area (Å²) in [6.45, 7) is 3.38. The fourth-order valence-corrected chi connectivity index (χ4v) is 4.65. The molecule has 0 bridgehead atoms. The van der Waals surface area contributed by atoms with Crippen LogP contribution in [0.2, 0.25) is 5.02 Å². The number of para-hydroxylation sites is 1. The molecule has 1 heterocycles. The van der Waals surface area contributed by atoms with Gasteiger partial charge in [0.05, 0.1) is 21.8 Å². The molecule has 3 rings (SSSR count). The lowest BCUT2D eigenvalue weighted by Gasteiger charge is -2.20. The molecule has 0 spiro atoms. The summed E-state index contributed by atoms with van der Waals surface area (Å²) in [6, 6.07) is 11.9. The molecular formula is C20H19ClF3N3O2S. The summed E-state index contributed by atoms with van der Waals surface area (Å²) in [4.78, 5) is -0.840. The molecule has 0 saturated carbocycles. The van der Waals surface area contributed by atoms with Crippen LogP contribution in [0.4, 0.5) is 13.2 Å². The third kappa shape index (κ3) is 4.23. The molecule has 160 valence electrons. The highest BCUT2D eigenvalue weighted by Crippen LogP contribution is 2.37. The van der Waals surface area contributed by atoms with E-state index < -0.39 is 26.7 Å². The van der Waals surface area contributed by atoms with Gasteiger partial charge in [-0.2, -0.15) is 22.6 Å². The highest BCUT2D eigenvalue weighted by atomic mass is 35.5. The van der Waals surface area contributed by atoms with Gasteiger partial charge in [0, 0.05) is 29.9 Å². The van der Waals surface area contributed by atoms with E-state index in [1.165, 1.54) is 7.05 Å². The minimum Gasteiger partial charge on any atom is -0.238 e. The van der Waals surface area contributed by atoms with Gasteiger partial charge in [-0.3, -0.25) is 0 Å². The Morgan fingerprint density at radius 3 is 2.33 bits per heavy atom. The largest absolute Gasteiger partial charge is 0.417 e. The lowest BCUT2D eigenvalue weighted by molar-refractivity contribution is -0.139. The Hall–Kier alpha value is -2.36. The summed E-state index contributed by atoms with van der Waals surface area (Å²) in [5.74, 6) is 0. The van der Waals surface area contributed by atoms with E-state index >= 15 is 0 Å². The Kier molecular flexibility index (Phi) is 5.99. The lowest BCUT2D eigenvalue weighted by atomic mass is 10.2. The fourth-order valence-electron chi connectivity index (χ4n) is 3.15. The number of alkyl halides is 3. The summed E-state index contributed by atoms with van der Waals surface area (Å²) in [5.41, 5.74) is 1.41. The van der Waals surface area contributed by atoms with Crippen molar-refractivity contribution < 1.29 is 21.6 Å².